The lowest BCUT2D eigenvalue weighted by Gasteiger charge is -2.13. The van der Waals surface area contributed by atoms with Crippen LogP contribution in [0, 0.1) is 12.8 Å². The maximum absolute atomic E-state index is 13.2. The second-order valence-electron chi connectivity index (χ2n) is 8.34. The summed E-state index contributed by atoms with van der Waals surface area (Å²) in [5, 5.41) is 6.78. The van der Waals surface area contributed by atoms with E-state index in [9.17, 15) is 22.8 Å². The molecule has 1 aliphatic carbocycles. The third kappa shape index (κ3) is 5.11. The van der Waals surface area contributed by atoms with Gasteiger partial charge in [-0.3, -0.25) is 14.2 Å². The smallest absolute Gasteiger partial charge is 0.350 e. The van der Waals surface area contributed by atoms with Crippen LogP contribution in [0.1, 0.15) is 34.5 Å². The first-order valence-corrected chi connectivity index (χ1v) is 12.4. The lowest BCUT2D eigenvalue weighted by Crippen LogP contribution is -2.46. The van der Waals surface area contributed by atoms with Gasteiger partial charge in [-0.05, 0) is 55.5 Å². The minimum absolute atomic E-state index is 0.0355. The molecule has 0 unspecified atom stereocenters. The largest absolute Gasteiger partial charge is 0.352 e. The third-order valence-electron chi connectivity index (χ3n) is 5.46. The molecule has 172 valence electrons. The van der Waals surface area contributed by atoms with Crippen molar-refractivity contribution in [2.75, 3.05) is 12.8 Å². The van der Waals surface area contributed by atoms with Gasteiger partial charge in [-0.2, -0.15) is 9.78 Å². The van der Waals surface area contributed by atoms with Gasteiger partial charge in [0.1, 0.15) is 0 Å². The summed E-state index contributed by atoms with van der Waals surface area (Å²) in [5.74, 6) is -0.246. The van der Waals surface area contributed by atoms with Gasteiger partial charge in [-0.25, -0.2) is 13.2 Å². The Kier molecular flexibility index (Phi) is 6.03. The van der Waals surface area contributed by atoms with Crippen molar-refractivity contribution in [1.29, 1.82) is 0 Å². The van der Waals surface area contributed by atoms with Crippen molar-refractivity contribution in [2.45, 2.75) is 31.2 Å². The van der Waals surface area contributed by atoms with Crippen LogP contribution in [0.3, 0.4) is 0 Å². The van der Waals surface area contributed by atoms with Crippen LogP contribution in [0.4, 0.5) is 0 Å². The zero-order chi connectivity index (χ0) is 23.8. The summed E-state index contributed by atoms with van der Waals surface area (Å²) in [5.41, 5.74) is 0.0281. The molecule has 33 heavy (non-hydrogen) atoms. The van der Waals surface area contributed by atoms with Crippen LogP contribution in [0.25, 0.3) is 5.69 Å². The van der Waals surface area contributed by atoms with Gasteiger partial charge in [-0.15, -0.1) is 0 Å². The predicted molar refractivity (Wildman–Crippen MR) is 123 cm³/mol. The maximum atomic E-state index is 13.2. The van der Waals surface area contributed by atoms with Crippen molar-refractivity contribution in [3.63, 3.8) is 0 Å². The molecular weight excluding hydrogens is 444 g/mol. The number of hydrogen-bond acceptors (Lipinski definition) is 6. The summed E-state index contributed by atoms with van der Waals surface area (Å²) in [4.78, 5) is 39.2. The van der Waals surface area contributed by atoms with Gasteiger partial charge < -0.3 is 5.32 Å². The summed E-state index contributed by atoms with van der Waals surface area (Å²) in [6.07, 6.45) is 3.13. The van der Waals surface area contributed by atoms with E-state index in [1.807, 2.05) is 25.1 Å². The topological polar surface area (TPSA) is 120 Å². The summed E-state index contributed by atoms with van der Waals surface area (Å²) in [7, 11) is -3.43. The zero-order valence-corrected chi connectivity index (χ0v) is 19.1. The second-order valence-corrected chi connectivity index (χ2v) is 10.4. The quantitative estimate of drug-likeness (QED) is 0.558. The molecule has 0 atom stereocenters. The van der Waals surface area contributed by atoms with E-state index in [1.54, 1.807) is 6.07 Å². The van der Waals surface area contributed by atoms with E-state index in [1.165, 1.54) is 24.3 Å². The Morgan fingerprint density at radius 1 is 1.12 bits per heavy atom. The number of amides is 1. The number of aryl methyl sites for hydroxylation is 1. The van der Waals surface area contributed by atoms with Crippen LogP contribution in [0.15, 0.2) is 63.0 Å². The number of carbonyl (C=O) groups is 1. The molecule has 1 fully saturated rings. The molecular formula is C23H24N4O5S. The second kappa shape index (κ2) is 8.78. The van der Waals surface area contributed by atoms with E-state index in [0.717, 1.165) is 39.5 Å². The molecule has 1 N–H and O–H groups in total. The third-order valence-corrected chi connectivity index (χ3v) is 6.58. The Morgan fingerprint density at radius 2 is 1.82 bits per heavy atom. The molecule has 4 rings (SSSR count). The number of benzene rings is 2. The first kappa shape index (κ1) is 22.7. The molecule has 1 aliphatic rings. The SMILES string of the molecule is Cc1cccc(Cn2c(=O)c(C(=O)NCC3CC3)nn(-c3ccc(S(C)(=O)=O)cc3)c2=O)c1. The Labute approximate surface area is 190 Å². The van der Waals surface area contributed by atoms with Gasteiger partial charge >= 0.3 is 5.69 Å². The zero-order valence-electron chi connectivity index (χ0n) is 18.3. The molecule has 3 aromatic rings. The van der Waals surface area contributed by atoms with E-state index in [4.69, 9.17) is 0 Å². The molecule has 1 aromatic heterocycles. The number of carbonyl (C=O) groups excluding carboxylic acids is 1. The van der Waals surface area contributed by atoms with Crippen molar-refractivity contribution >= 4 is 15.7 Å². The summed E-state index contributed by atoms with van der Waals surface area (Å²) in [6.45, 7) is 2.31. The fourth-order valence-electron chi connectivity index (χ4n) is 3.44. The average Bonchev–Trinajstić information content (AvgIpc) is 3.59. The van der Waals surface area contributed by atoms with E-state index in [0.29, 0.717) is 12.5 Å². The van der Waals surface area contributed by atoms with Gasteiger partial charge in [0.25, 0.3) is 11.5 Å². The van der Waals surface area contributed by atoms with Crippen molar-refractivity contribution < 1.29 is 13.2 Å². The number of hydrogen-bond donors (Lipinski definition) is 1. The Balaban J connectivity index is 1.82. The normalized spacial score (nSPS) is 13.6. The van der Waals surface area contributed by atoms with Gasteiger partial charge in [-0.1, -0.05) is 29.8 Å². The van der Waals surface area contributed by atoms with E-state index >= 15 is 0 Å². The molecule has 0 spiro atoms. The standard InChI is InChI=1S/C23H24N4O5S/c1-15-4-3-5-17(12-15)14-26-22(29)20(21(28)24-13-16-6-7-16)25-27(23(26)30)18-8-10-19(11-9-18)33(2,31)32/h3-5,8-12,16H,6-7,13-14H2,1-2H3,(H,24,28). The molecule has 0 bridgehead atoms. The highest BCUT2D eigenvalue weighted by molar-refractivity contribution is 7.90. The van der Waals surface area contributed by atoms with Crippen molar-refractivity contribution in [3.05, 3.63) is 86.2 Å². The number of sulfone groups is 1. The Morgan fingerprint density at radius 3 is 2.42 bits per heavy atom. The highest BCUT2D eigenvalue weighted by atomic mass is 32.2. The molecule has 0 aliphatic heterocycles. The van der Waals surface area contributed by atoms with Crippen LogP contribution in [-0.2, 0) is 16.4 Å². The number of nitrogens with one attached hydrogen (secondary N) is 1. The molecule has 10 heteroatoms. The van der Waals surface area contributed by atoms with E-state index < -0.39 is 32.7 Å². The van der Waals surface area contributed by atoms with Crippen LogP contribution >= 0.6 is 0 Å². The summed E-state index contributed by atoms with van der Waals surface area (Å²) >= 11 is 0. The van der Waals surface area contributed by atoms with Crippen LogP contribution in [0.2, 0.25) is 0 Å². The molecule has 0 radical (unpaired) electrons. The Hall–Kier alpha value is -3.53. The Bertz CT molecular complexity index is 1430. The molecule has 1 heterocycles. The minimum Gasteiger partial charge on any atom is -0.350 e. The van der Waals surface area contributed by atoms with Gasteiger partial charge in [0.15, 0.2) is 9.84 Å². The average molecular weight is 469 g/mol. The fraction of sp³-hybridized carbons (Fsp3) is 0.304. The fourth-order valence-corrected chi connectivity index (χ4v) is 4.07. The summed E-state index contributed by atoms with van der Waals surface area (Å²) in [6, 6.07) is 12.9. The molecule has 2 aromatic carbocycles. The van der Waals surface area contributed by atoms with Crippen molar-refractivity contribution in [1.82, 2.24) is 19.7 Å². The molecule has 1 amide bonds. The highest BCUT2D eigenvalue weighted by Gasteiger charge is 2.25. The van der Waals surface area contributed by atoms with Crippen molar-refractivity contribution in [3.8, 4) is 5.69 Å². The first-order chi connectivity index (χ1) is 15.6. The maximum Gasteiger partial charge on any atom is 0.352 e. The lowest BCUT2D eigenvalue weighted by atomic mass is 10.1. The van der Waals surface area contributed by atoms with Gasteiger partial charge in [0.2, 0.25) is 5.69 Å². The molecule has 9 nitrogen and oxygen atoms in total. The first-order valence-electron chi connectivity index (χ1n) is 10.5. The number of aromatic nitrogens is 3. The van der Waals surface area contributed by atoms with Crippen LogP contribution in [-0.4, -0.2) is 41.5 Å². The summed E-state index contributed by atoms with van der Waals surface area (Å²) < 4.78 is 25.5. The van der Waals surface area contributed by atoms with Crippen LogP contribution in [0.5, 0.6) is 0 Å². The van der Waals surface area contributed by atoms with Gasteiger partial charge in [0, 0.05) is 12.8 Å². The molecule has 0 saturated heterocycles. The number of nitrogens with zero attached hydrogens (tertiary/aromatic N) is 3. The predicted octanol–water partition coefficient (Wildman–Crippen LogP) is 1.29. The van der Waals surface area contributed by atoms with E-state index in [2.05, 4.69) is 10.4 Å². The number of rotatable bonds is 7. The highest BCUT2D eigenvalue weighted by Crippen LogP contribution is 2.27. The molecule has 1 saturated carbocycles. The van der Waals surface area contributed by atoms with Crippen molar-refractivity contribution in [2.24, 2.45) is 5.92 Å². The van der Waals surface area contributed by atoms with Crippen LogP contribution < -0.4 is 16.6 Å². The monoisotopic (exact) mass is 468 g/mol. The van der Waals surface area contributed by atoms with E-state index in [-0.39, 0.29) is 17.1 Å². The lowest BCUT2D eigenvalue weighted by molar-refractivity contribution is 0.0942. The minimum atomic E-state index is -3.43. The van der Waals surface area contributed by atoms with Gasteiger partial charge in [0.05, 0.1) is 17.1 Å².